The third-order valence-electron chi connectivity index (χ3n) is 4.75. The Hall–Kier alpha value is -1.14. The molecule has 2 rings (SSSR count). The predicted molar refractivity (Wildman–Crippen MR) is 84.7 cm³/mol. The van der Waals surface area contributed by atoms with Crippen LogP contribution in [-0.4, -0.2) is 60.1 Å². The Morgan fingerprint density at radius 3 is 2.50 bits per heavy atom. The molecule has 22 heavy (non-hydrogen) atoms. The van der Waals surface area contributed by atoms with Gasteiger partial charge in [-0.15, -0.1) is 0 Å². The molecule has 0 aromatic heterocycles. The fourth-order valence-corrected chi connectivity index (χ4v) is 3.67. The first-order valence-corrected chi connectivity index (χ1v) is 8.50. The number of hydrogen-bond acceptors (Lipinski definition) is 4. The molecule has 1 saturated carbocycles. The van der Waals surface area contributed by atoms with Gasteiger partial charge in [-0.3, -0.25) is 14.5 Å². The summed E-state index contributed by atoms with van der Waals surface area (Å²) in [5.41, 5.74) is 0. The van der Waals surface area contributed by atoms with Gasteiger partial charge in [0, 0.05) is 45.2 Å². The van der Waals surface area contributed by atoms with Gasteiger partial charge >= 0.3 is 5.97 Å². The zero-order valence-electron chi connectivity index (χ0n) is 13.5. The number of carbonyl (C=O) groups excluding carboxylic acids is 1. The summed E-state index contributed by atoms with van der Waals surface area (Å²) in [6, 6.07) is 0.791. The molecule has 6 nitrogen and oxygen atoms in total. The van der Waals surface area contributed by atoms with Gasteiger partial charge in [-0.25, -0.2) is 0 Å². The van der Waals surface area contributed by atoms with E-state index in [2.05, 4.69) is 15.5 Å². The van der Waals surface area contributed by atoms with E-state index < -0.39 is 5.97 Å². The number of likely N-dealkylation sites (tertiary alicyclic amines) is 1. The Kier molecular flexibility index (Phi) is 6.64. The summed E-state index contributed by atoms with van der Waals surface area (Å²) in [5.74, 6) is -1.06. The van der Waals surface area contributed by atoms with E-state index in [-0.39, 0.29) is 17.9 Å². The highest BCUT2D eigenvalue weighted by molar-refractivity contribution is 5.72. The maximum atomic E-state index is 11.4. The van der Waals surface area contributed by atoms with Gasteiger partial charge in [0.25, 0.3) is 0 Å². The SMILES string of the molecule is CC(=O)NCCN1CC(NC2CCCCC2)CC(C(=O)O)C1. The van der Waals surface area contributed by atoms with Crippen molar-refractivity contribution < 1.29 is 14.7 Å². The standard InChI is InChI=1S/C16H29N3O3/c1-12(20)17-7-8-19-10-13(16(21)22)9-15(11-19)18-14-5-3-2-4-6-14/h13-15,18H,2-11H2,1H3,(H,17,20)(H,21,22). The summed E-state index contributed by atoms with van der Waals surface area (Å²) in [6.45, 7) is 4.26. The summed E-state index contributed by atoms with van der Waals surface area (Å²) in [5, 5.41) is 15.8. The summed E-state index contributed by atoms with van der Waals surface area (Å²) < 4.78 is 0. The van der Waals surface area contributed by atoms with Crippen molar-refractivity contribution in [2.75, 3.05) is 26.2 Å². The van der Waals surface area contributed by atoms with Crippen molar-refractivity contribution in [3.05, 3.63) is 0 Å². The second kappa shape index (κ2) is 8.48. The molecular weight excluding hydrogens is 282 g/mol. The van der Waals surface area contributed by atoms with Crippen LogP contribution in [0.15, 0.2) is 0 Å². The molecule has 0 bridgehead atoms. The lowest BCUT2D eigenvalue weighted by Gasteiger charge is -2.39. The molecule has 3 N–H and O–H groups in total. The molecule has 2 aliphatic rings. The molecule has 1 heterocycles. The van der Waals surface area contributed by atoms with Crippen molar-refractivity contribution in [2.45, 2.75) is 57.5 Å². The van der Waals surface area contributed by atoms with E-state index in [9.17, 15) is 14.7 Å². The van der Waals surface area contributed by atoms with Crippen molar-refractivity contribution in [1.82, 2.24) is 15.5 Å². The zero-order chi connectivity index (χ0) is 15.9. The molecule has 0 spiro atoms. The van der Waals surface area contributed by atoms with Gasteiger partial charge in [-0.1, -0.05) is 19.3 Å². The van der Waals surface area contributed by atoms with Gasteiger partial charge in [-0.2, -0.15) is 0 Å². The second-order valence-corrected chi connectivity index (χ2v) is 6.71. The van der Waals surface area contributed by atoms with E-state index in [1.807, 2.05) is 0 Å². The van der Waals surface area contributed by atoms with E-state index in [0.29, 0.717) is 32.1 Å². The smallest absolute Gasteiger partial charge is 0.307 e. The fourth-order valence-electron chi connectivity index (χ4n) is 3.67. The number of amides is 1. The van der Waals surface area contributed by atoms with Crippen molar-refractivity contribution in [3.8, 4) is 0 Å². The van der Waals surface area contributed by atoms with Crippen LogP contribution < -0.4 is 10.6 Å². The minimum Gasteiger partial charge on any atom is -0.481 e. The zero-order valence-corrected chi connectivity index (χ0v) is 13.5. The predicted octanol–water partition coefficient (Wildman–Crippen LogP) is 0.820. The van der Waals surface area contributed by atoms with Gasteiger partial charge in [-0.05, 0) is 19.3 Å². The normalized spacial score (nSPS) is 27.5. The number of nitrogens with zero attached hydrogens (tertiary/aromatic N) is 1. The highest BCUT2D eigenvalue weighted by Gasteiger charge is 2.32. The van der Waals surface area contributed by atoms with Crippen LogP contribution in [-0.2, 0) is 9.59 Å². The van der Waals surface area contributed by atoms with E-state index in [4.69, 9.17) is 0 Å². The monoisotopic (exact) mass is 311 g/mol. The fraction of sp³-hybridized carbons (Fsp3) is 0.875. The topological polar surface area (TPSA) is 81.7 Å². The van der Waals surface area contributed by atoms with Crippen LogP contribution in [0.4, 0.5) is 0 Å². The van der Waals surface area contributed by atoms with Crippen molar-refractivity contribution >= 4 is 11.9 Å². The Labute approximate surface area is 132 Å². The van der Waals surface area contributed by atoms with E-state index >= 15 is 0 Å². The molecule has 0 aromatic rings. The average molecular weight is 311 g/mol. The van der Waals surface area contributed by atoms with Crippen LogP contribution in [0.2, 0.25) is 0 Å². The van der Waals surface area contributed by atoms with Gasteiger partial charge in [0.05, 0.1) is 5.92 Å². The molecule has 2 fully saturated rings. The molecule has 1 amide bonds. The number of piperidine rings is 1. The number of carboxylic acid groups (broad SMARTS) is 1. The van der Waals surface area contributed by atoms with Crippen molar-refractivity contribution in [2.24, 2.45) is 5.92 Å². The molecule has 0 radical (unpaired) electrons. The van der Waals surface area contributed by atoms with Crippen LogP contribution in [0, 0.1) is 5.92 Å². The van der Waals surface area contributed by atoms with Crippen molar-refractivity contribution in [3.63, 3.8) is 0 Å². The molecule has 126 valence electrons. The lowest BCUT2D eigenvalue weighted by molar-refractivity contribution is -0.144. The maximum Gasteiger partial charge on any atom is 0.307 e. The average Bonchev–Trinajstić information content (AvgIpc) is 2.47. The van der Waals surface area contributed by atoms with Crippen LogP contribution in [0.1, 0.15) is 45.4 Å². The Morgan fingerprint density at radius 2 is 1.86 bits per heavy atom. The Morgan fingerprint density at radius 1 is 1.14 bits per heavy atom. The molecule has 1 aliphatic carbocycles. The van der Waals surface area contributed by atoms with Crippen molar-refractivity contribution in [1.29, 1.82) is 0 Å². The lowest BCUT2D eigenvalue weighted by Crippen LogP contribution is -2.54. The largest absolute Gasteiger partial charge is 0.481 e. The second-order valence-electron chi connectivity index (χ2n) is 6.71. The van der Waals surface area contributed by atoms with Gasteiger partial charge in [0.1, 0.15) is 0 Å². The number of hydrogen-bond donors (Lipinski definition) is 3. The number of carbonyl (C=O) groups is 2. The van der Waals surface area contributed by atoms with E-state index in [0.717, 1.165) is 6.54 Å². The van der Waals surface area contributed by atoms with Crippen LogP contribution >= 0.6 is 0 Å². The van der Waals surface area contributed by atoms with Gasteiger partial charge in [0.15, 0.2) is 0 Å². The molecule has 1 saturated heterocycles. The van der Waals surface area contributed by atoms with E-state index in [1.165, 1.54) is 39.0 Å². The maximum absolute atomic E-state index is 11.4. The highest BCUT2D eigenvalue weighted by Crippen LogP contribution is 2.22. The molecule has 2 atom stereocenters. The summed E-state index contributed by atoms with van der Waals surface area (Å²) in [6.07, 6.45) is 7.00. The molecule has 1 aliphatic heterocycles. The van der Waals surface area contributed by atoms with E-state index in [1.54, 1.807) is 0 Å². The number of carboxylic acids is 1. The first-order valence-electron chi connectivity index (χ1n) is 8.50. The minimum absolute atomic E-state index is 0.0383. The van der Waals surface area contributed by atoms with Crippen LogP contribution in [0.3, 0.4) is 0 Å². The number of aliphatic carboxylic acids is 1. The number of nitrogens with one attached hydrogen (secondary N) is 2. The molecule has 2 unspecified atom stereocenters. The van der Waals surface area contributed by atoms with Gasteiger partial charge in [0.2, 0.25) is 5.91 Å². The number of rotatable bonds is 6. The molecule has 0 aromatic carbocycles. The summed E-state index contributed by atoms with van der Waals surface area (Å²) in [4.78, 5) is 24.5. The van der Waals surface area contributed by atoms with Gasteiger partial charge < -0.3 is 15.7 Å². The third-order valence-corrected chi connectivity index (χ3v) is 4.75. The lowest BCUT2D eigenvalue weighted by atomic mass is 9.90. The first kappa shape index (κ1) is 17.2. The first-order chi connectivity index (χ1) is 10.5. The highest BCUT2D eigenvalue weighted by atomic mass is 16.4. The summed E-state index contributed by atoms with van der Waals surface area (Å²) in [7, 11) is 0. The summed E-state index contributed by atoms with van der Waals surface area (Å²) >= 11 is 0. The Bertz CT molecular complexity index is 383. The van der Waals surface area contributed by atoms with Crippen LogP contribution in [0.25, 0.3) is 0 Å². The quantitative estimate of drug-likeness (QED) is 0.676. The third kappa shape index (κ3) is 5.57. The molecular formula is C16H29N3O3. The molecule has 6 heteroatoms. The van der Waals surface area contributed by atoms with Crippen LogP contribution in [0.5, 0.6) is 0 Å². The Balaban J connectivity index is 1.85. The minimum atomic E-state index is -0.709.